The van der Waals surface area contributed by atoms with Gasteiger partial charge in [-0.1, -0.05) is 32.6 Å². The van der Waals surface area contributed by atoms with E-state index in [1.54, 1.807) is 17.4 Å². The van der Waals surface area contributed by atoms with Crippen molar-refractivity contribution in [3.05, 3.63) is 65.3 Å². The largest absolute Gasteiger partial charge is 0.490 e. The van der Waals surface area contributed by atoms with Crippen molar-refractivity contribution in [3.63, 3.8) is 0 Å². The highest BCUT2D eigenvalue weighted by molar-refractivity contribution is 7.24. The number of hydrogen-bond donors (Lipinski definition) is 0. The molecule has 0 aliphatic rings. The first-order valence-corrected chi connectivity index (χ1v) is 10.5. The van der Waals surface area contributed by atoms with Gasteiger partial charge in [0.2, 0.25) is 0 Å². The topological polar surface area (TPSA) is 55.8 Å². The summed E-state index contributed by atoms with van der Waals surface area (Å²) >= 11 is 1.58. The van der Waals surface area contributed by atoms with Gasteiger partial charge in [0.15, 0.2) is 5.43 Å². The monoisotopic (exact) mass is 411 g/mol. The fourth-order valence-corrected chi connectivity index (χ4v) is 4.22. The summed E-state index contributed by atoms with van der Waals surface area (Å²) in [5.41, 5.74) is -0.00224. The first-order valence-electron chi connectivity index (χ1n) is 9.69. The molecule has 0 N–H and O–H groups in total. The second kappa shape index (κ2) is 9.67. The number of fused-ring (bicyclic) bond motifs is 2. The summed E-state index contributed by atoms with van der Waals surface area (Å²) in [7, 11) is 0. The highest BCUT2D eigenvalue weighted by Gasteiger charge is 2.17. The van der Waals surface area contributed by atoms with Crippen molar-refractivity contribution in [3.8, 4) is 5.75 Å². The molecule has 0 fully saturated rings. The van der Waals surface area contributed by atoms with E-state index in [-0.39, 0.29) is 12.0 Å². The van der Waals surface area contributed by atoms with E-state index in [0.29, 0.717) is 23.1 Å². The Bertz CT molecular complexity index is 1070. The lowest BCUT2D eigenvalue weighted by Gasteiger charge is -2.25. The maximum Gasteiger partial charge on any atom is 0.330 e. The van der Waals surface area contributed by atoms with Crippen molar-refractivity contribution in [2.24, 2.45) is 0 Å². The number of carbonyl (C=O) groups excluding carboxylic acids is 1. The van der Waals surface area contributed by atoms with Crippen molar-refractivity contribution in [1.29, 1.82) is 0 Å². The van der Waals surface area contributed by atoms with Gasteiger partial charge < -0.3 is 14.4 Å². The first kappa shape index (κ1) is 21.0. The van der Waals surface area contributed by atoms with E-state index in [9.17, 15) is 9.59 Å². The van der Waals surface area contributed by atoms with E-state index >= 15 is 0 Å². The highest BCUT2D eigenvalue weighted by atomic mass is 32.1. The van der Waals surface area contributed by atoms with Crippen LogP contribution in [-0.4, -0.2) is 43.2 Å². The molecule has 3 rings (SSSR count). The van der Waals surface area contributed by atoms with Crippen molar-refractivity contribution in [2.75, 3.05) is 26.2 Å². The van der Waals surface area contributed by atoms with Gasteiger partial charge in [-0.3, -0.25) is 4.79 Å². The Morgan fingerprint density at radius 2 is 1.86 bits per heavy atom. The van der Waals surface area contributed by atoms with Gasteiger partial charge in [0, 0.05) is 32.8 Å². The van der Waals surface area contributed by atoms with Crippen LogP contribution in [0.1, 0.15) is 13.8 Å². The molecule has 3 aromatic rings. The number of esters is 1. The van der Waals surface area contributed by atoms with Crippen molar-refractivity contribution in [1.82, 2.24) is 4.90 Å². The molecule has 29 heavy (non-hydrogen) atoms. The molecule has 1 heterocycles. The number of benzene rings is 2. The standard InChI is InChI=1S/C23H25NO4S/c1-4-22(25)28-17(14-24(5-2)6-3)15-27-16-11-12-21-19(13-16)23(26)18-9-7-8-10-20(18)29-21/h4,7-13,17H,1,5-6,14-15H2,2-3H3. The van der Waals surface area contributed by atoms with Gasteiger partial charge in [0.1, 0.15) is 18.5 Å². The quantitative estimate of drug-likeness (QED) is 0.300. The number of likely N-dealkylation sites (N-methyl/N-ethyl adjacent to an activating group) is 1. The van der Waals surface area contributed by atoms with Gasteiger partial charge >= 0.3 is 5.97 Å². The second-order valence-corrected chi connectivity index (χ2v) is 7.73. The van der Waals surface area contributed by atoms with E-state index in [0.717, 1.165) is 28.6 Å². The third-order valence-electron chi connectivity index (χ3n) is 4.79. The molecule has 0 aliphatic carbocycles. The minimum atomic E-state index is -0.473. The molecule has 0 saturated carbocycles. The van der Waals surface area contributed by atoms with Crippen LogP contribution < -0.4 is 10.2 Å². The maximum absolute atomic E-state index is 12.8. The van der Waals surface area contributed by atoms with Crippen LogP contribution in [0.2, 0.25) is 0 Å². The summed E-state index contributed by atoms with van der Waals surface area (Å²) in [4.78, 5) is 26.7. The predicted molar refractivity (Wildman–Crippen MR) is 119 cm³/mol. The molecule has 6 heteroatoms. The molecule has 1 atom stereocenters. The number of hydrogen-bond acceptors (Lipinski definition) is 6. The highest BCUT2D eigenvalue weighted by Crippen LogP contribution is 2.27. The Kier molecular flexibility index (Phi) is 7.01. The number of carbonyl (C=O) groups is 1. The summed E-state index contributed by atoms with van der Waals surface area (Å²) in [6.45, 7) is 10.0. The Balaban J connectivity index is 1.82. The van der Waals surface area contributed by atoms with Crippen LogP contribution in [0.4, 0.5) is 0 Å². The SMILES string of the molecule is C=CC(=O)OC(COc1ccc2sc3ccccc3c(=O)c2c1)CN(CC)CC. The van der Waals surface area contributed by atoms with Gasteiger partial charge in [0.05, 0.1) is 0 Å². The molecule has 0 spiro atoms. The van der Waals surface area contributed by atoms with Gasteiger partial charge in [-0.05, 0) is 43.4 Å². The second-order valence-electron chi connectivity index (χ2n) is 6.65. The zero-order chi connectivity index (χ0) is 20.8. The van der Waals surface area contributed by atoms with E-state index in [1.165, 1.54) is 0 Å². The molecule has 0 saturated heterocycles. The first-order chi connectivity index (χ1) is 14.0. The molecule has 0 amide bonds. The molecular weight excluding hydrogens is 386 g/mol. The average molecular weight is 412 g/mol. The van der Waals surface area contributed by atoms with Crippen LogP contribution in [0.15, 0.2) is 59.9 Å². The van der Waals surface area contributed by atoms with Crippen LogP contribution in [0, 0.1) is 0 Å². The normalized spacial score (nSPS) is 12.2. The van der Waals surface area contributed by atoms with E-state index in [4.69, 9.17) is 9.47 Å². The van der Waals surface area contributed by atoms with E-state index in [2.05, 4.69) is 25.3 Å². The summed E-state index contributed by atoms with van der Waals surface area (Å²) in [6, 6.07) is 13.1. The minimum absolute atomic E-state index is 0.00224. The van der Waals surface area contributed by atoms with Crippen molar-refractivity contribution < 1.29 is 14.3 Å². The van der Waals surface area contributed by atoms with E-state index in [1.807, 2.05) is 36.4 Å². The molecule has 152 valence electrons. The number of ether oxygens (including phenoxy) is 2. The molecule has 1 unspecified atom stereocenters. The van der Waals surface area contributed by atoms with E-state index < -0.39 is 12.1 Å². The predicted octanol–water partition coefficient (Wildman–Crippen LogP) is 4.23. The van der Waals surface area contributed by atoms with Crippen molar-refractivity contribution >= 4 is 37.5 Å². The molecule has 0 radical (unpaired) electrons. The fourth-order valence-electron chi connectivity index (χ4n) is 3.17. The summed E-state index contributed by atoms with van der Waals surface area (Å²) in [5.74, 6) is 0.107. The zero-order valence-corrected chi connectivity index (χ0v) is 17.5. The van der Waals surface area contributed by atoms with Crippen LogP contribution in [-0.2, 0) is 9.53 Å². The fraction of sp³-hybridized carbons (Fsp3) is 0.304. The van der Waals surface area contributed by atoms with Crippen LogP contribution >= 0.6 is 11.3 Å². The Hall–Kier alpha value is -2.70. The third kappa shape index (κ3) is 5.02. The van der Waals surface area contributed by atoms with Gasteiger partial charge in [-0.2, -0.15) is 0 Å². The van der Waals surface area contributed by atoms with Crippen molar-refractivity contribution in [2.45, 2.75) is 20.0 Å². The molecule has 2 aromatic carbocycles. The van der Waals surface area contributed by atoms with Gasteiger partial charge in [0.25, 0.3) is 0 Å². The number of nitrogens with zero attached hydrogens (tertiary/aromatic N) is 1. The average Bonchev–Trinajstić information content (AvgIpc) is 2.75. The Labute approximate surface area is 174 Å². The lowest BCUT2D eigenvalue weighted by Crippen LogP contribution is -2.38. The summed E-state index contributed by atoms with van der Waals surface area (Å²) in [6.07, 6.45) is 0.726. The van der Waals surface area contributed by atoms with Crippen LogP contribution in [0.5, 0.6) is 5.75 Å². The zero-order valence-electron chi connectivity index (χ0n) is 16.7. The van der Waals surface area contributed by atoms with Gasteiger partial charge in [-0.15, -0.1) is 11.3 Å². The molecular formula is C23H25NO4S. The third-order valence-corrected chi connectivity index (χ3v) is 5.94. The summed E-state index contributed by atoms with van der Waals surface area (Å²) < 4.78 is 13.2. The lowest BCUT2D eigenvalue weighted by molar-refractivity contribution is -0.145. The Morgan fingerprint density at radius 1 is 1.14 bits per heavy atom. The smallest absolute Gasteiger partial charge is 0.330 e. The number of rotatable bonds is 9. The van der Waals surface area contributed by atoms with Crippen LogP contribution in [0.3, 0.4) is 0 Å². The molecule has 0 aliphatic heterocycles. The van der Waals surface area contributed by atoms with Crippen LogP contribution in [0.25, 0.3) is 20.2 Å². The minimum Gasteiger partial charge on any atom is -0.490 e. The molecule has 0 bridgehead atoms. The Morgan fingerprint density at radius 3 is 2.59 bits per heavy atom. The van der Waals surface area contributed by atoms with Gasteiger partial charge in [-0.25, -0.2) is 4.79 Å². The lowest BCUT2D eigenvalue weighted by atomic mass is 10.2. The maximum atomic E-state index is 12.8. The molecule has 1 aromatic heterocycles. The molecule has 5 nitrogen and oxygen atoms in total. The summed E-state index contributed by atoms with van der Waals surface area (Å²) in [5, 5.41) is 1.34.